The Morgan fingerprint density at radius 1 is 1.00 bits per heavy atom. The van der Waals surface area contributed by atoms with Crippen molar-refractivity contribution in [3.63, 3.8) is 0 Å². The Morgan fingerprint density at radius 3 is 2.67 bits per heavy atom. The first kappa shape index (κ1) is 11.8. The average molecular weight is 242 g/mol. The lowest BCUT2D eigenvalue weighted by atomic mass is 9.94. The fraction of sp³-hybridized carbons (Fsp3) is 0.562. The Hall–Kier alpha value is -1.31. The Labute approximate surface area is 110 Å². The number of nitrogens with one attached hydrogen (secondary N) is 1. The van der Waals surface area contributed by atoms with Gasteiger partial charge in [-0.15, -0.1) is 0 Å². The maximum absolute atomic E-state index is 4.63. The average Bonchev–Trinajstić information content (AvgIpc) is 2.89. The molecule has 2 aliphatic rings. The Bertz CT molecular complexity index is 410. The normalized spacial score (nSPS) is 27.9. The van der Waals surface area contributed by atoms with Crippen LogP contribution in [-0.2, 0) is 0 Å². The van der Waals surface area contributed by atoms with Crippen molar-refractivity contribution in [2.75, 3.05) is 6.54 Å². The minimum absolute atomic E-state index is 0.601. The number of nitrogens with zero attached hydrogens (tertiary/aromatic N) is 1. The molecule has 1 aliphatic heterocycles. The Morgan fingerprint density at radius 2 is 1.89 bits per heavy atom. The molecule has 3 rings (SSSR count). The highest BCUT2D eigenvalue weighted by molar-refractivity contribution is 5.83. The summed E-state index contributed by atoms with van der Waals surface area (Å²) in [5.74, 6) is 1.94. The van der Waals surface area contributed by atoms with E-state index >= 15 is 0 Å². The van der Waals surface area contributed by atoms with E-state index in [1.165, 1.54) is 43.5 Å². The van der Waals surface area contributed by atoms with Crippen molar-refractivity contribution in [2.45, 2.75) is 50.5 Å². The summed E-state index contributed by atoms with van der Waals surface area (Å²) in [4.78, 5) is 4.63. The van der Waals surface area contributed by atoms with Gasteiger partial charge in [-0.3, -0.25) is 4.99 Å². The van der Waals surface area contributed by atoms with Gasteiger partial charge in [-0.05, 0) is 31.2 Å². The molecule has 0 aromatic heterocycles. The van der Waals surface area contributed by atoms with Gasteiger partial charge >= 0.3 is 0 Å². The molecule has 1 N–H and O–H groups in total. The number of amidine groups is 1. The van der Waals surface area contributed by atoms with Gasteiger partial charge in [0.05, 0.1) is 5.84 Å². The number of aliphatic imine (C=N–C) groups is 1. The lowest BCUT2D eigenvalue weighted by Gasteiger charge is -2.24. The number of rotatable bonds is 2. The van der Waals surface area contributed by atoms with E-state index in [0.717, 1.165) is 13.0 Å². The van der Waals surface area contributed by atoms with Crippen LogP contribution in [-0.4, -0.2) is 18.4 Å². The van der Waals surface area contributed by atoms with Gasteiger partial charge < -0.3 is 5.32 Å². The summed E-state index contributed by atoms with van der Waals surface area (Å²) in [6.45, 7) is 1.02. The van der Waals surface area contributed by atoms with Gasteiger partial charge in [-0.1, -0.05) is 36.8 Å². The molecule has 1 heterocycles. The van der Waals surface area contributed by atoms with Crippen LogP contribution in [0.2, 0.25) is 0 Å². The summed E-state index contributed by atoms with van der Waals surface area (Å²) in [6.07, 6.45) is 7.66. The first-order valence-corrected chi connectivity index (χ1v) is 7.28. The number of hydrogen-bond donors (Lipinski definition) is 1. The second kappa shape index (κ2) is 5.55. The van der Waals surface area contributed by atoms with Gasteiger partial charge in [0, 0.05) is 24.9 Å². The maximum Gasteiger partial charge on any atom is 0.0965 e. The monoisotopic (exact) mass is 242 g/mol. The molecule has 0 spiro atoms. The summed E-state index contributed by atoms with van der Waals surface area (Å²) in [5.41, 5.74) is 1.49. The van der Waals surface area contributed by atoms with Crippen molar-refractivity contribution in [2.24, 2.45) is 4.99 Å². The summed E-state index contributed by atoms with van der Waals surface area (Å²) in [7, 11) is 0. The molecule has 1 aromatic rings. The molecule has 1 fully saturated rings. The van der Waals surface area contributed by atoms with Crippen molar-refractivity contribution in [3.8, 4) is 0 Å². The molecule has 18 heavy (non-hydrogen) atoms. The topological polar surface area (TPSA) is 24.4 Å². The highest BCUT2D eigenvalue weighted by Crippen LogP contribution is 2.34. The Kier molecular flexibility index (Phi) is 3.63. The molecule has 1 aromatic carbocycles. The molecule has 1 saturated carbocycles. The third-order valence-corrected chi connectivity index (χ3v) is 4.22. The fourth-order valence-electron chi connectivity index (χ4n) is 3.26. The summed E-state index contributed by atoms with van der Waals surface area (Å²) < 4.78 is 0. The van der Waals surface area contributed by atoms with Crippen molar-refractivity contribution < 1.29 is 0 Å². The van der Waals surface area contributed by atoms with E-state index in [4.69, 9.17) is 0 Å². The largest absolute Gasteiger partial charge is 0.370 e. The molecular formula is C16H22N2. The van der Waals surface area contributed by atoms with E-state index in [-0.39, 0.29) is 0 Å². The van der Waals surface area contributed by atoms with Crippen LogP contribution in [0.25, 0.3) is 0 Å². The van der Waals surface area contributed by atoms with Crippen molar-refractivity contribution in [3.05, 3.63) is 35.9 Å². The SMILES string of the molecule is c1ccc([C@@H]2CCC[C@@H]2NC2=NCCCC2)cc1. The number of hydrogen-bond acceptors (Lipinski definition) is 2. The molecule has 2 atom stereocenters. The lowest BCUT2D eigenvalue weighted by molar-refractivity contribution is 0.545. The first-order chi connectivity index (χ1) is 8.93. The van der Waals surface area contributed by atoms with Crippen LogP contribution in [0.5, 0.6) is 0 Å². The lowest BCUT2D eigenvalue weighted by Crippen LogP contribution is -2.37. The third-order valence-electron chi connectivity index (χ3n) is 4.22. The maximum atomic E-state index is 4.63. The molecule has 0 radical (unpaired) electrons. The van der Waals surface area contributed by atoms with Crippen LogP contribution in [0.3, 0.4) is 0 Å². The van der Waals surface area contributed by atoms with Crippen LogP contribution < -0.4 is 5.32 Å². The second-order valence-corrected chi connectivity index (χ2v) is 5.48. The molecule has 0 saturated heterocycles. The van der Waals surface area contributed by atoms with Crippen LogP contribution in [0.1, 0.15) is 50.0 Å². The molecule has 1 aliphatic carbocycles. The van der Waals surface area contributed by atoms with E-state index in [1.54, 1.807) is 0 Å². The van der Waals surface area contributed by atoms with Crippen LogP contribution in [0.4, 0.5) is 0 Å². The summed E-state index contributed by atoms with van der Waals surface area (Å²) >= 11 is 0. The van der Waals surface area contributed by atoms with Gasteiger partial charge in [0.15, 0.2) is 0 Å². The van der Waals surface area contributed by atoms with Gasteiger partial charge in [0.2, 0.25) is 0 Å². The molecule has 2 heteroatoms. The highest BCUT2D eigenvalue weighted by atomic mass is 15.0. The van der Waals surface area contributed by atoms with Crippen molar-refractivity contribution >= 4 is 5.84 Å². The predicted molar refractivity (Wildman–Crippen MR) is 76.1 cm³/mol. The van der Waals surface area contributed by atoms with E-state index in [2.05, 4.69) is 40.6 Å². The van der Waals surface area contributed by atoms with Crippen LogP contribution in [0, 0.1) is 0 Å². The summed E-state index contributed by atoms with van der Waals surface area (Å²) in [5, 5.41) is 3.72. The van der Waals surface area contributed by atoms with Gasteiger partial charge in [-0.2, -0.15) is 0 Å². The molecule has 2 nitrogen and oxygen atoms in total. The van der Waals surface area contributed by atoms with Gasteiger partial charge in [0.1, 0.15) is 0 Å². The molecular weight excluding hydrogens is 220 g/mol. The zero-order valence-electron chi connectivity index (χ0n) is 10.9. The highest BCUT2D eigenvalue weighted by Gasteiger charge is 2.29. The Balaban J connectivity index is 1.69. The smallest absolute Gasteiger partial charge is 0.0965 e. The zero-order valence-corrected chi connectivity index (χ0v) is 10.9. The minimum Gasteiger partial charge on any atom is -0.370 e. The fourth-order valence-corrected chi connectivity index (χ4v) is 3.26. The number of benzene rings is 1. The minimum atomic E-state index is 0.601. The van der Waals surface area contributed by atoms with Crippen LogP contribution >= 0.6 is 0 Å². The first-order valence-electron chi connectivity index (χ1n) is 7.28. The molecule has 96 valence electrons. The van der Waals surface area contributed by atoms with E-state index in [9.17, 15) is 0 Å². The van der Waals surface area contributed by atoms with Gasteiger partial charge in [-0.25, -0.2) is 0 Å². The molecule has 0 unspecified atom stereocenters. The van der Waals surface area contributed by atoms with Crippen molar-refractivity contribution in [1.82, 2.24) is 5.32 Å². The quantitative estimate of drug-likeness (QED) is 0.843. The predicted octanol–water partition coefficient (Wildman–Crippen LogP) is 3.49. The van der Waals surface area contributed by atoms with Crippen molar-refractivity contribution in [1.29, 1.82) is 0 Å². The van der Waals surface area contributed by atoms with Crippen LogP contribution in [0.15, 0.2) is 35.3 Å². The second-order valence-electron chi connectivity index (χ2n) is 5.48. The third kappa shape index (κ3) is 2.58. The molecule has 0 bridgehead atoms. The summed E-state index contributed by atoms with van der Waals surface area (Å²) in [6, 6.07) is 11.6. The zero-order chi connectivity index (χ0) is 12.2. The van der Waals surface area contributed by atoms with Gasteiger partial charge in [0.25, 0.3) is 0 Å². The standard InChI is InChI=1S/C16H22N2/c1-2-7-13(8-3-1)14-9-6-10-15(14)18-16-11-4-5-12-17-16/h1-3,7-8,14-15H,4-6,9-12H2,(H,17,18)/t14-,15-/m0/s1. The molecule has 0 amide bonds. The van der Waals surface area contributed by atoms with E-state index < -0.39 is 0 Å². The van der Waals surface area contributed by atoms with E-state index in [0.29, 0.717) is 12.0 Å². The van der Waals surface area contributed by atoms with E-state index in [1.807, 2.05) is 0 Å².